The second kappa shape index (κ2) is 8.64. The van der Waals surface area contributed by atoms with E-state index in [1.54, 1.807) is 13.2 Å². The molecule has 1 saturated carbocycles. The van der Waals surface area contributed by atoms with Crippen molar-refractivity contribution in [2.24, 2.45) is 0 Å². The van der Waals surface area contributed by atoms with Crippen LogP contribution in [0.4, 0.5) is 4.79 Å². The monoisotopic (exact) mass is 440 g/mol. The van der Waals surface area contributed by atoms with Gasteiger partial charge >= 0.3 is 12.0 Å². The first-order chi connectivity index (χ1) is 15.4. The van der Waals surface area contributed by atoms with E-state index in [1.165, 1.54) is 12.0 Å². The quantitative estimate of drug-likeness (QED) is 0.527. The molecule has 1 aromatic heterocycles. The number of ether oxygens (including phenoxy) is 1. The maximum atomic E-state index is 13.1. The van der Waals surface area contributed by atoms with Gasteiger partial charge in [0.15, 0.2) is 0 Å². The zero-order valence-corrected chi connectivity index (χ0v) is 18.3. The van der Waals surface area contributed by atoms with Gasteiger partial charge < -0.3 is 19.9 Å². The van der Waals surface area contributed by atoms with Crippen LogP contribution < -0.4 is 5.32 Å². The Bertz CT molecular complexity index is 1060. The van der Waals surface area contributed by atoms with Gasteiger partial charge in [0, 0.05) is 30.6 Å². The molecule has 1 aromatic carbocycles. The molecule has 2 aliphatic rings. The van der Waals surface area contributed by atoms with Crippen molar-refractivity contribution >= 4 is 34.7 Å². The number of urea groups is 1. The zero-order chi connectivity index (χ0) is 22.9. The highest BCUT2D eigenvalue weighted by Crippen LogP contribution is 2.39. The van der Waals surface area contributed by atoms with E-state index in [1.807, 2.05) is 24.3 Å². The molecule has 2 aromatic rings. The standard InChI is InChI=1S/C23H28N4O5/c1-26-22(31)27(21(30)23(26)10-6-3-7-11-23)14-19(28)25-18(20(29)32-2)12-15-13-24-17-9-5-4-8-16(15)17/h4-5,8-9,13,18,24H,3,6-7,10-12,14H2,1-2H3,(H,25,28). The molecule has 2 heterocycles. The molecule has 32 heavy (non-hydrogen) atoms. The number of fused-ring (bicyclic) bond motifs is 1. The average Bonchev–Trinajstić information content (AvgIpc) is 3.29. The van der Waals surface area contributed by atoms with Crippen LogP contribution in [0.2, 0.25) is 0 Å². The summed E-state index contributed by atoms with van der Waals surface area (Å²) in [6.45, 7) is -0.425. The summed E-state index contributed by atoms with van der Waals surface area (Å²) in [5.74, 6) is -1.50. The molecule has 170 valence electrons. The summed E-state index contributed by atoms with van der Waals surface area (Å²) in [7, 11) is 2.88. The number of aromatic amines is 1. The lowest BCUT2D eigenvalue weighted by Crippen LogP contribution is -2.50. The van der Waals surface area contributed by atoms with E-state index in [2.05, 4.69) is 10.3 Å². The molecule has 2 fully saturated rings. The van der Waals surface area contributed by atoms with Crippen molar-refractivity contribution in [3.8, 4) is 0 Å². The van der Waals surface area contributed by atoms with Crippen LogP contribution in [-0.2, 0) is 25.5 Å². The minimum atomic E-state index is -0.944. The van der Waals surface area contributed by atoms with Gasteiger partial charge in [0.05, 0.1) is 7.11 Å². The van der Waals surface area contributed by atoms with Gasteiger partial charge in [-0.2, -0.15) is 0 Å². The van der Waals surface area contributed by atoms with Gasteiger partial charge in [0.25, 0.3) is 5.91 Å². The molecule has 1 spiro atoms. The van der Waals surface area contributed by atoms with E-state index in [0.717, 1.165) is 40.6 Å². The molecule has 0 bridgehead atoms. The molecule has 2 N–H and O–H groups in total. The van der Waals surface area contributed by atoms with Crippen LogP contribution in [0.15, 0.2) is 30.5 Å². The third-order valence-electron chi connectivity index (χ3n) is 6.71. The number of esters is 1. The molecule has 9 heteroatoms. The molecule has 4 rings (SSSR count). The SMILES string of the molecule is COC(=O)C(Cc1c[nH]c2ccccc12)NC(=O)CN1C(=O)N(C)C2(CCCCC2)C1=O. The highest BCUT2D eigenvalue weighted by molar-refractivity contribution is 6.09. The van der Waals surface area contributed by atoms with Gasteiger partial charge in [-0.15, -0.1) is 0 Å². The Hall–Kier alpha value is -3.36. The smallest absolute Gasteiger partial charge is 0.328 e. The van der Waals surface area contributed by atoms with Crippen molar-refractivity contribution in [3.63, 3.8) is 0 Å². The normalized spacial score (nSPS) is 18.9. The average molecular weight is 441 g/mol. The fraction of sp³-hybridized carbons (Fsp3) is 0.478. The Morgan fingerprint density at radius 2 is 1.91 bits per heavy atom. The highest BCUT2D eigenvalue weighted by atomic mass is 16.5. The third-order valence-corrected chi connectivity index (χ3v) is 6.71. The number of amides is 4. The Morgan fingerprint density at radius 3 is 2.62 bits per heavy atom. The number of imide groups is 1. The topological polar surface area (TPSA) is 112 Å². The number of carbonyl (C=O) groups excluding carboxylic acids is 4. The lowest BCUT2D eigenvalue weighted by atomic mass is 9.81. The van der Waals surface area contributed by atoms with E-state index in [-0.39, 0.29) is 12.3 Å². The summed E-state index contributed by atoms with van der Waals surface area (Å²) < 4.78 is 4.87. The van der Waals surface area contributed by atoms with Crippen LogP contribution in [0.1, 0.15) is 37.7 Å². The third kappa shape index (κ3) is 3.72. The number of H-pyrrole nitrogens is 1. The highest BCUT2D eigenvalue weighted by Gasteiger charge is 2.55. The number of likely N-dealkylation sites (N-methyl/N-ethyl adjacent to an activating group) is 1. The summed E-state index contributed by atoms with van der Waals surface area (Å²) in [6, 6.07) is 6.24. The molecule has 4 amide bonds. The molecule has 1 aliphatic heterocycles. The van der Waals surface area contributed by atoms with Crippen LogP contribution in [-0.4, -0.2) is 70.9 Å². The van der Waals surface area contributed by atoms with Gasteiger partial charge in [0.1, 0.15) is 18.1 Å². The molecule has 1 aliphatic carbocycles. The van der Waals surface area contributed by atoms with Crippen molar-refractivity contribution in [2.75, 3.05) is 20.7 Å². The van der Waals surface area contributed by atoms with Crippen molar-refractivity contribution < 1.29 is 23.9 Å². The van der Waals surface area contributed by atoms with Crippen LogP contribution in [0.3, 0.4) is 0 Å². The predicted molar refractivity (Wildman–Crippen MR) is 117 cm³/mol. The van der Waals surface area contributed by atoms with Crippen LogP contribution in [0.25, 0.3) is 10.9 Å². The van der Waals surface area contributed by atoms with Crippen molar-refractivity contribution in [2.45, 2.75) is 50.1 Å². The summed E-state index contributed by atoms with van der Waals surface area (Å²) >= 11 is 0. The van der Waals surface area contributed by atoms with Crippen LogP contribution in [0, 0.1) is 0 Å². The van der Waals surface area contributed by atoms with Gasteiger partial charge in [-0.3, -0.25) is 14.5 Å². The molecule has 1 unspecified atom stereocenters. The molecule has 0 radical (unpaired) electrons. The van der Waals surface area contributed by atoms with Crippen molar-refractivity contribution in [3.05, 3.63) is 36.0 Å². The number of benzene rings is 1. The summed E-state index contributed by atoms with van der Waals surface area (Å²) in [5, 5.41) is 3.60. The first kappa shape index (κ1) is 21.9. The van der Waals surface area contributed by atoms with E-state index < -0.39 is 36.0 Å². The number of aromatic nitrogens is 1. The van der Waals surface area contributed by atoms with Crippen molar-refractivity contribution in [1.29, 1.82) is 0 Å². The van der Waals surface area contributed by atoms with Crippen LogP contribution >= 0.6 is 0 Å². The predicted octanol–water partition coefficient (Wildman–Crippen LogP) is 1.97. The second-order valence-electron chi connectivity index (χ2n) is 8.53. The van der Waals surface area contributed by atoms with Gasteiger partial charge in [-0.25, -0.2) is 9.59 Å². The Morgan fingerprint density at radius 1 is 1.19 bits per heavy atom. The summed E-state index contributed by atoms with van der Waals surface area (Å²) in [5.41, 5.74) is 0.929. The summed E-state index contributed by atoms with van der Waals surface area (Å²) in [4.78, 5) is 56.7. The Balaban J connectivity index is 1.47. The largest absolute Gasteiger partial charge is 0.467 e. The number of methoxy groups -OCH3 is 1. The number of nitrogens with zero attached hydrogens (tertiary/aromatic N) is 2. The molecule has 9 nitrogen and oxygen atoms in total. The fourth-order valence-electron chi connectivity index (χ4n) is 4.91. The first-order valence-electron chi connectivity index (χ1n) is 10.9. The van der Waals surface area contributed by atoms with Gasteiger partial charge in [0.2, 0.25) is 5.91 Å². The number of nitrogens with one attached hydrogen (secondary N) is 2. The van der Waals surface area contributed by atoms with E-state index in [4.69, 9.17) is 4.74 Å². The molecule has 1 atom stereocenters. The Kier molecular flexibility index (Phi) is 5.90. The first-order valence-corrected chi connectivity index (χ1v) is 10.9. The number of hydrogen-bond donors (Lipinski definition) is 2. The van der Waals surface area contributed by atoms with E-state index in [9.17, 15) is 19.2 Å². The minimum absolute atomic E-state index is 0.216. The maximum absolute atomic E-state index is 13.1. The van der Waals surface area contributed by atoms with Crippen LogP contribution in [0.5, 0.6) is 0 Å². The fourth-order valence-corrected chi connectivity index (χ4v) is 4.91. The Labute approximate surface area is 186 Å². The maximum Gasteiger partial charge on any atom is 0.328 e. The van der Waals surface area contributed by atoms with Gasteiger partial charge in [-0.1, -0.05) is 37.5 Å². The minimum Gasteiger partial charge on any atom is -0.467 e. The van der Waals surface area contributed by atoms with E-state index >= 15 is 0 Å². The molecular formula is C23H28N4O5. The van der Waals surface area contributed by atoms with Crippen molar-refractivity contribution in [1.82, 2.24) is 20.1 Å². The summed E-state index contributed by atoms with van der Waals surface area (Å²) in [6.07, 6.45) is 6.01. The zero-order valence-electron chi connectivity index (χ0n) is 18.3. The number of rotatable bonds is 6. The number of hydrogen-bond acceptors (Lipinski definition) is 5. The number of para-hydroxylation sites is 1. The number of carbonyl (C=O) groups is 4. The lowest BCUT2D eigenvalue weighted by molar-refractivity contribution is -0.145. The molecular weight excluding hydrogens is 412 g/mol. The molecule has 1 saturated heterocycles. The van der Waals surface area contributed by atoms with E-state index in [0.29, 0.717) is 12.8 Å². The lowest BCUT2D eigenvalue weighted by Gasteiger charge is -2.35. The van der Waals surface area contributed by atoms with Gasteiger partial charge in [-0.05, 0) is 24.5 Å². The second-order valence-corrected chi connectivity index (χ2v) is 8.53.